The van der Waals surface area contributed by atoms with Crippen LogP contribution in [0.2, 0.25) is 5.02 Å². The van der Waals surface area contributed by atoms with Crippen molar-refractivity contribution in [1.82, 2.24) is 0 Å². The Morgan fingerprint density at radius 2 is 1.68 bits per heavy atom. The third-order valence-electron chi connectivity index (χ3n) is 5.31. The van der Waals surface area contributed by atoms with Gasteiger partial charge in [-0.25, -0.2) is 0 Å². The Balaban J connectivity index is 1.64. The summed E-state index contributed by atoms with van der Waals surface area (Å²) < 4.78 is 0. The van der Waals surface area contributed by atoms with Crippen LogP contribution in [0.4, 0.5) is 11.4 Å². The van der Waals surface area contributed by atoms with E-state index in [1.807, 2.05) is 0 Å². The van der Waals surface area contributed by atoms with E-state index in [1.54, 1.807) is 60.7 Å². The standard InChI is InChI=1S/C23H17ClN2O5/c24-17-9-7-16(8-10-17)21(27)13-23(29)19-3-1-2-4-20(19)25(22(23)28)14-15-5-11-18(12-6-15)26(30)31/h1-12,29H,13-14H2/t23-/m0/s1. The number of amides is 1. The van der Waals surface area contributed by atoms with Crippen molar-refractivity contribution in [3.63, 3.8) is 0 Å². The zero-order chi connectivity index (χ0) is 22.2. The third-order valence-corrected chi connectivity index (χ3v) is 5.56. The molecule has 0 aliphatic carbocycles. The molecular formula is C23H17ClN2O5. The monoisotopic (exact) mass is 436 g/mol. The Morgan fingerprint density at radius 1 is 1.03 bits per heavy atom. The van der Waals surface area contributed by atoms with Crippen molar-refractivity contribution < 1.29 is 19.6 Å². The number of para-hydroxylation sites is 1. The molecule has 1 aliphatic rings. The molecule has 0 spiro atoms. The van der Waals surface area contributed by atoms with Gasteiger partial charge in [0, 0.05) is 28.3 Å². The quantitative estimate of drug-likeness (QED) is 0.353. The number of nitro benzene ring substituents is 1. The lowest BCUT2D eigenvalue weighted by atomic mass is 9.88. The van der Waals surface area contributed by atoms with E-state index in [-0.39, 0.29) is 18.0 Å². The van der Waals surface area contributed by atoms with Crippen LogP contribution in [-0.2, 0) is 16.9 Å². The largest absolute Gasteiger partial charge is 0.375 e. The second kappa shape index (κ2) is 7.94. The molecule has 0 aromatic heterocycles. The number of benzene rings is 3. The fourth-order valence-corrected chi connectivity index (χ4v) is 3.84. The number of fused-ring (bicyclic) bond motifs is 1. The second-order valence-electron chi connectivity index (χ2n) is 7.30. The smallest absolute Gasteiger partial charge is 0.269 e. The van der Waals surface area contributed by atoms with Gasteiger partial charge in [0.05, 0.1) is 23.6 Å². The van der Waals surface area contributed by atoms with Crippen molar-refractivity contribution in [3.8, 4) is 0 Å². The summed E-state index contributed by atoms with van der Waals surface area (Å²) in [6.45, 7) is 0.102. The number of non-ortho nitro benzene ring substituents is 1. The van der Waals surface area contributed by atoms with Crippen LogP contribution in [0.5, 0.6) is 0 Å². The topological polar surface area (TPSA) is 101 Å². The van der Waals surface area contributed by atoms with Crippen molar-refractivity contribution in [2.24, 2.45) is 0 Å². The number of rotatable bonds is 6. The Hall–Kier alpha value is -3.55. The maximum atomic E-state index is 13.3. The molecule has 31 heavy (non-hydrogen) atoms. The van der Waals surface area contributed by atoms with Gasteiger partial charge >= 0.3 is 0 Å². The zero-order valence-corrected chi connectivity index (χ0v) is 17.0. The van der Waals surface area contributed by atoms with Crippen molar-refractivity contribution in [2.75, 3.05) is 4.90 Å². The summed E-state index contributed by atoms with van der Waals surface area (Å²) in [6, 6.07) is 18.8. The van der Waals surface area contributed by atoms with E-state index in [0.29, 0.717) is 27.4 Å². The van der Waals surface area contributed by atoms with Gasteiger partial charge in [0.25, 0.3) is 11.6 Å². The molecule has 1 aliphatic heterocycles. The van der Waals surface area contributed by atoms with Crippen molar-refractivity contribution >= 4 is 34.7 Å². The molecule has 3 aromatic carbocycles. The summed E-state index contributed by atoms with van der Waals surface area (Å²) in [5, 5.41) is 22.7. The molecule has 0 fully saturated rings. The molecule has 0 saturated heterocycles. The van der Waals surface area contributed by atoms with Gasteiger partial charge in [0.1, 0.15) is 0 Å². The molecule has 0 radical (unpaired) electrons. The number of nitro groups is 1. The minimum Gasteiger partial charge on any atom is -0.375 e. The first kappa shape index (κ1) is 20.7. The van der Waals surface area contributed by atoms with Crippen molar-refractivity contribution in [2.45, 2.75) is 18.6 Å². The number of carbonyl (C=O) groups excluding carboxylic acids is 2. The number of hydrogen-bond donors (Lipinski definition) is 1. The number of nitrogens with zero attached hydrogens (tertiary/aromatic N) is 2. The molecule has 0 bridgehead atoms. The van der Waals surface area contributed by atoms with Gasteiger partial charge in [0.15, 0.2) is 11.4 Å². The van der Waals surface area contributed by atoms with Crippen LogP contribution in [0, 0.1) is 10.1 Å². The second-order valence-corrected chi connectivity index (χ2v) is 7.74. The van der Waals surface area contributed by atoms with Gasteiger partial charge in [-0.3, -0.25) is 19.7 Å². The maximum Gasteiger partial charge on any atom is 0.269 e. The Morgan fingerprint density at radius 3 is 2.32 bits per heavy atom. The summed E-state index contributed by atoms with van der Waals surface area (Å²) in [4.78, 5) is 37.8. The van der Waals surface area contributed by atoms with E-state index in [1.165, 1.54) is 17.0 Å². The number of aliphatic hydroxyl groups is 1. The molecule has 156 valence electrons. The van der Waals surface area contributed by atoms with E-state index < -0.39 is 22.9 Å². The average Bonchev–Trinajstić information content (AvgIpc) is 2.96. The van der Waals surface area contributed by atoms with Crippen LogP contribution in [0.3, 0.4) is 0 Å². The van der Waals surface area contributed by atoms with Gasteiger partial charge in [-0.15, -0.1) is 0 Å². The zero-order valence-electron chi connectivity index (χ0n) is 16.2. The van der Waals surface area contributed by atoms with Crippen LogP contribution in [0.25, 0.3) is 0 Å². The van der Waals surface area contributed by atoms with Gasteiger partial charge in [-0.05, 0) is 35.9 Å². The molecule has 4 rings (SSSR count). The molecule has 1 atom stereocenters. The van der Waals surface area contributed by atoms with E-state index in [9.17, 15) is 24.8 Å². The maximum absolute atomic E-state index is 13.3. The van der Waals surface area contributed by atoms with E-state index >= 15 is 0 Å². The normalized spacial score (nSPS) is 17.5. The highest BCUT2D eigenvalue weighted by Crippen LogP contribution is 2.43. The number of halogens is 1. The number of ketones is 1. The van der Waals surface area contributed by atoms with Crippen LogP contribution in [0.15, 0.2) is 72.8 Å². The van der Waals surface area contributed by atoms with Crippen LogP contribution >= 0.6 is 11.6 Å². The summed E-state index contributed by atoms with van der Waals surface area (Å²) in [5.41, 5.74) is -0.212. The first-order valence-corrected chi connectivity index (χ1v) is 9.83. The molecule has 0 saturated carbocycles. The first-order chi connectivity index (χ1) is 14.8. The number of carbonyl (C=O) groups is 2. The predicted octanol–water partition coefficient (Wildman–Crippen LogP) is 4.26. The number of anilines is 1. The number of hydrogen-bond acceptors (Lipinski definition) is 5. The van der Waals surface area contributed by atoms with E-state index in [2.05, 4.69) is 0 Å². The fraction of sp³-hybridized carbons (Fsp3) is 0.130. The highest BCUT2D eigenvalue weighted by molar-refractivity contribution is 6.30. The molecule has 1 N–H and O–H groups in total. The molecular weight excluding hydrogens is 420 g/mol. The summed E-state index contributed by atoms with van der Waals surface area (Å²) in [7, 11) is 0. The molecule has 0 unspecified atom stereocenters. The molecule has 1 heterocycles. The Labute approximate surface area is 182 Å². The highest BCUT2D eigenvalue weighted by atomic mass is 35.5. The van der Waals surface area contributed by atoms with Crippen LogP contribution < -0.4 is 4.90 Å². The molecule has 7 nitrogen and oxygen atoms in total. The number of Topliss-reactive ketones (excluding diaryl/α,β-unsaturated/α-hetero) is 1. The Kier molecular flexibility index (Phi) is 5.31. The molecule has 1 amide bonds. The van der Waals surface area contributed by atoms with Crippen molar-refractivity contribution in [3.05, 3.63) is 105 Å². The summed E-state index contributed by atoms with van der Waals surface area (Å²) >= 11 is 5.87. The summed E-state index contributed by atoms with van der Waals surface area (Å²) in [6.07, 6.45) is -0.415. The highest BCUT2D eigenvalue weighted by Gasteiger charge is 2.50. The first-order valence-electron chi connectivity index (χ1n) is 9.45. The minimum absolute atomic E-state index is 0.0537. The summed E-state index contributed by atoms with van der Waals surface area (Å²) in [5.74, 6) is -1.01. The van der Waals surface area contributed by atoms with Crippen LogP contribution in [-0.4, -0.2) is 21.7 Å². The van der Waals surface area contributed by atoms with Gasteiger partial charge in [-0.1, -0.05) is 41.9 Å². The van der Waals surface area contributed by atoms with Crippen LogP contribution in [0.1, 0.15) is 27.9 Å². The van der Waals surface area contributed by atoms with Gasteiger partial charge < -0.3 is 10.0 Å². The predicted molar refractivity (Wildman–Crippen MR) is 115 cm³/mol. The molecule has 8 heteroatoms. The van der Waals surface area contributed by atoms with E-state index in [0.717, 1.165) is 0 Å². The molecule has 3 aromatic rings. The lowest BCUT2D eigenvalue weighted by molar-refractivity contribution is -0.384. The van der Waals surface area contributed by atoms with Crippen molar-refractivity contribution in [1.29, 1.82) is 0 Å². The SMILES string of the molecule is O=C(C[C@@]1(O)C(=O)N(Cc2ccc([N+](=O)[O-])cc2)c2ccccc21)c1ccc(Cl)cc1. The minimum atomic E-state index is -2.01. The Bertz CT molecular complexity index is 1180. The van der Waals surface area contributed by atoms with E-state index in [4.69, 9.17) is 11.6 Å². The van der Waals surface area contributed by atoms with Gasteiger partial charge in [0.2, 0.25) is 0 Å². The lowest BCUT2D eigenvalue weighted by Gasteiger charge is -2.23. The fourth-order valence-electron chi connectivity index (χ4n) is 3.71. The van der Waals surface area contributed by atoms with Gasteiger partial charge in [-0.2, -0.15) is 0 Å². The average molecular weight is 437 g/mol. The third kappa shape index (κ3) is 3.81. The lowest BCUT2D eigenvalue weighted by Crippen LogP contribution is -2.41.